The number of hydrogen-bond acceptors (Lipinski definition) is 5. The Morgan fingerprint density at radius 2 is 2.00 bits per heavy atom. The molecular formula is C19H19BrIN3O4. The number of carbonyl (C=O) groups excluding carboxylic acids is 2. The van der Waals surface area contributed by atoms with Crippen molar-refractivity contribution in [1.29, 1.82) is 0 Å². The van der Waals surface area contributed by atoms with Crippen LogP contribution in [0.2, 0.25) is 0 Å². The number of methoxy groups -OCH3 is 1. The molecule has 0 saturated carbocycles. The van der Waals surface area contributed by atoms with Crippen molar-refractivity contribution >= 4 is 62.2 Å². The van der Waals surface area contributed by atoms with Crippen molar-refractivity contribution < 1.29 is 19.1 Å². The number of anilines is 1. The molecule has 0 radical (unpaired) electrons. The average molecular weight is 560 g/mol. The van der Waals surface area contributed by atoms with E-state index >= 15 is 0 Å². The maximum Gasteiger partial charge on any atom is 0.249 e. The van der Waals surface area contributed by atoms with Gasteiger partial charge >= 0.3 is 0 Å². The third-order valence-electron chi connectivity index (χ3n) is 3.41. The lowest BCUT2D eigenvalue weighted by Gasteiger charge is -2.11. The van der Waals surface area contributed by atoms with E-state index in [2.05, 4.69) is 54.4 Å². The predicted molar refractivity (Wildman–Crippen MR) is 120 cm³/mol. The Hall–Kier alpha value is -2.14. The Bertz CT molecular complexity index is 889. The van der Waals surface area contributed by atoms with Crippen molar-refractivity contribution in [2.45, 2.75) is 13.3 Å². The third-order valence-corrected chi connectivity index (χ3v) is 4.90. The first kappa shape index (κ1) is 22.2. The smallest absolute Gasteiger partial charge is 0.249 e. The van der Waals surface area contributed by atoms with Crippen LogP contribution in [0.25, 0.3) is 0 Å². The second kappa shape index (κ2) is 11.0. The zero-order valence-electron chi connectivity index (χ0n) is 15.3. The highest BCUT2D eigenvalue weighted by atomic mass is 127. The van der Waals surface area contributed by atoms with Gasteiger partial charge in [0.25, 0.3) is 0 Å². The highest BCUT2D eigenvalue weighted by Gasteiger charge is 2.12. The van der Waals surface area contributed by atoms with Crippen molar-refractivity contribution in [3.63, 3.8) is 0 Å². The van der Waals surface area contributed by atoms with E-state index < -0.39 is 11.8 Å². The molecule has 9 heteroatoms. The van der Waals surface area contributed by atoms with Gasteiger partial charge in [0.05, 0.1) is 29.2 Å². The summed E-state index contributed by atoms with van der Waals surface area (Å²) in [5.74, 6) is 0.288. The van der Waals surface area contributed by atoms with Crippen molar-refractivity contribution in [2.24, 2.45) is 5.10 Å². The Labute approximate surface area is 185 Å². The van der Waals surface area contributed by atoms with Crippen LogP contribution >= 0.6 is 38.5 Å². The predicted octanol–water partition coefficient (Wildman–Crippen LogP) is 3.94. The number of rotatable bonds is 8. The Morgan fingerprint density at radius 3 is 2.68 bits per heavy atom. The summed E-state index contributed by atoms with van der Waals surface area (Å²) < 4.78 is 12.5. The lowest BCUT2D eigenvalue weighted by Crippen LogP contribution is -2.24. The fourth-order valence-electron chi connectivity index (χ4n) is 2.24. The van der Waals surface area contributed by atoms with E-state index in [0.717, 1.165) is 13.6 Å². The molecule has 148 valence electrons. The SMILES string of the molecule is CCOc1cc(C=NNC(=O)CC(=O)Nc2ccccc2Br)cc(I)c1OC. The third kappa shape index (κ3) is 6.48. The van der Waals surface area contributed by atoms with Crippen molar-refractivity contribution in [1.82, 2.24) is 5.43 Å². The van der Waals surface area contributed by atoms with Gasteiger partial charge < -0.3 is 14.8 Å². The molecule has 0 atom stereocenters. The molecule has 7 nitrogen and oxygen atoms in total. The lowest BCUT2D eigenvalue weighted by atomic mass is 10.2. The molecule has 2 rings (SSSR count). The van der Waals surface area contributed by atoms with Gasteiger partial charge in [-0.15, -0.1) is 0 Å². The number of carbonyl (C=O) groups is 2. The Balaban J connectivity index is 1.94. The molecule has 2 amide bonds. The van der Waals surface area contributed by atoms with E-state index in [4.69, 9.17) is 9.47 Å². The van der Waals surface area contributed by atoms with Crippen LogP contribution in [0, 0.1) is 3.57 Å². The number of nitrogens with zero attached hydrogens (tertiary/aromatic N) is 1. The molecule has 0 aliphatic heterocycles. The number of benzene rings is 2. The molecule has 0 aliphatic rings. The highest BCUT2D eigenvalue weighted by Crippen LogP contribution is 2.33. The quantitative estimate of drug-likeness (QED) is 0.222. The second-order valence-corrected chi connectivity index (χ2v) is 7.48. The highest BCUT2D eigenvalue weighted by molar-refractivity contribution is 14.1. The molecule has 0 aromatic heterocycles. The maximum absolute atomic E-state index is 12.0. The van der Waals surface area contributed by atoms with Crippen molar-refractivity contribution in [3.8, 4) is 11.5 Å². The molecular weight excluding hydrogens is 541 g/mol. The molecule has 0 heterocycles. The van der Waals surface area contributed by atoms with Gasteiger partial charge in [0, 0.05) is 4.47 Å². The molecule has 2 N–H and O–H groups in total. The number of nitrogens with one attached hydrogen (secondary N) is 2. The zero-order chi connectivity index (χ0) is 20.5. The first-order chi connectivity index (χ1) is 13.4. The van der Waals surface area contributed by atoms with Gasteiger partial charge in [-0.1, -0.05) is 12.1 Å². The summed E-state index contributed by atoms with van der Waals surface area (Å²) >= 11 is 5.47. The van der Waals surface area contributed by atoms with E-state index in [-0.39, 0.29) is 6.42 Å². The Morgan fingerprint density at radius 1 is 1.25 bits per heavy atom. The average Bonchev–Trinajstić information content (AvgIpc) is 2.64. The van der Waals surface area contributed by atoms with Crippen LogP contribution in [0.1, 0.15) is 18.9 Å². The van der Waals surface area contributed by atoms with Crippen LogP contribution in [0.15, 0.2) is 46.0 Å². The van der Waals surface area contributed by atoms with Crippen molar-refractivity contribution in [2.75, 3.05) is 19.0 Å². The normalized spacial score (nSPS) is 10.6. The maximum atomic E-state index is 12.0. The molecule has 2 aromatic rings. The molecule has 0 aliphatic carbocycles. The lowest BCUT2D eigenvalue weighted by molar-refractivity contribution is -0.126. The van der Waals surface area contributed by atoms with Crippen LogP contribution in [0.4, 0.5) is 5.69 Å². The number of amides is 2. The Kier molecular flexibility index (Phi) is 8.71. The van der Waals surface area contributed by atoms with E-state index in [1.165, 1.54) is 6.21 Å². The fourth-order valence-corrected chi connectivity index (χ4v) is 3.47. The molecule has 0 bridgehead atoms. The van der Waals surface area contributed by atoms with Gasteiger partial charge in [0.2, 0.25) is 11.8 Å². The monoisotopic (exact) mass is 559 g/mol. The van der Waals surface area contributed by atoms with E-state index in [9.17, 15) is 9.59 Å². The minimum absolute atomic E-state index is 0.344. The number of hydrazone groups is 1. The van der Waals surface area contributed by atoms with Crippen LogP contribution < -0.4 is 20.2 Å². The fraction of sp³-hybridized carbons (Fsp3) is 0.211. The number of para-hydroxylation sites is 1. The first-order valence-electron chi connectivity index (χ1n) is 8.31. The summed E-state index contributed by atoms with van der Waals surface area (Å²) in [5, 5.41) is 6.56. The zero-order valence-corrected chi connectivity index (χ0v) is 19.0. The van der Waals surface area contributed by atoms with Crippen LogP contribution in [0.5, 0.6) is 11.5 Å². The summed E-state index contributed by atoms with van der Waals surface area (Å²) in [6.07, 6.45) is 1.14. The number of halogens is 2. The van der Waals surface area contributed by atoms with Crippen LogP contribution in [-0.4, -0.2) is 31.7 Å². The van der Waals surface area contributed by atoms with E-state index in [1.54, 1.807) is 31.4 Å². The first-order valence-corrected chi connectivity index (χ1v) is 10.2. The van der Waals surface area contributed by atoms with E-state index in [0.29, 0.717) is 23.8 Å². The minimum atomic E-state index is -0.519. The van der Waals surface area contributed by atoms with Crippen LogP contribution in [0.3, 0.4) is 0 Å². The standard InChI is InChI=1S/C19H19BrIN3O4/c1-3-28-16-9-12(8-14(21)19(16)27-2)11-22-24-18(26)10-17(25)23-15-7-5-4-6-13(15)20/h4-9,11H,3,10H2,1-2H3,(H,23,25)(H,24,26). The largest absolute Gasteiger partial charge is 0.492 e. The van der Waals surface area contributed by atoms with E-state index in [1.807, 2.05) is 19.1 Å². The van der Waals surface area contributed by atoms with Gasteiger partial charge in [-0.3, -0.25) is 9.59 Å². The molecule has 0 spiro atoms. The van der Waals surface area contributed by atoms with Crippen LogP contribution in [-0.2, 0) is 9.59 Å². The summed E-state index contributed by atoms with van der Waals surface area (Å²) in [4.78, 5) is 23.9. The van der Waals surface area contributed by atoms with Gasteiger partial charge in [-0.05, 0) is 75.3 Å². The molecule has 2 aromatic carbocycles. The van der Waals surface area contributed by atoms with Gasteiger partial charge in [0.1, 0.15) is 6.42 Å². The molecule has 0 fully saturated rings. The summed E-state index contributed by atoms with van der Waals surface area (Å²) in [7, 11) is 1.58. The number of ether oxygens (including phenoxy) is 2. The summed E-state index contributed by atoms with van der Waals surface area (Å²) in [5.41, 5.74) is 3.67. The second-order valence-electron chi connectivity index (χ2n) is 5.47. The summed E-state index contributed by atoms with van der Waals surface area (Å²) in [6, 6.07) is 10.8. The molecule has 0 saturated heterocycles. The minimum Gasteiger partial charge on any atom is -0.492 e. The van der Waals surface area contributed by atoms with Gasteiger partial charge in [-0.25, -0.2) is 5.43 Å². The van der Waals surface area contributed by atoms with Crippen molar-refractivity contribution in [3.05, 3.63) is 50.0 Å². The van der Waals surface area contributed by atoms with Gasteiger partial charge in [-0.2, -0.15) is 5.10 Å². The molecule has 0 unspecified atom stereocenters. The summed E-state index contributed by atoms with van der Waals surface area (Å²) in [6.45, 7) is 2.38. The topological polar surface area (TPSA) is 89.0 Å². The molecule has 28 heavy (non-hydrogen) atoms. The van der Waals surface area contributed by atoms with Gasteiger partial charge in [0.15, 0.2) is 11.5 Å². The number of hydrogen-bond donors (Lipinski definition) is 2.